The van der Waals surface area contributed by atoms with Gasteiger partial charge in [0.1, 0.15) is 0 Å². The molecule has 2 aliphatic rings. The zero-order chi connectivity index (χ0) is 12.4. The van der Waals surface area contributed by atoms with Gasteiger partial charge in [-0.3, -0.25) is 4.79 Å². The topological polar surface area (TPSA) is 55.1 Å². The smallest absolute Gasteiger partial charge is 0.225 e. The van der Waals surface area contributed by atoms with Crippen LogP contribution < -0.4 is 11.1 Å². The summed E-state index contributed by atoms with van der Waals surface area (Å²) in [4.78, 5) is 12.2. The van der Waals surface area contributed by atoms with Crippen molar-refractivity contribution in [1.29, 1.82) is 0 Å². The molecule has 5 unspecified atom stereocenters. The molecule has 2 rings (SSSR count). The van der Waals surface area contributed by atoms with Gasteiger partial charge >= 0.3 is 0 Å². The van der Waals surface area contributed by atoms with E-state index >= 15 is 0 Å². The fraction of sp³-hybridized carbons (Fsp3) is 0.923. The van der Waals surface area contributed by atoms with Crippen molar-refractivity contribution in [1.82, 2.24) is 5.32 Å². The third-order valence-corrected chi connectivity index (χ3v) is 5.39. The molecule has 3 N–H and O–H groups in total. The van der Waals surface area contributed by atoms with Crippen LogP contribution in [-0.2, 0) is 4.79 Å². The molecular formula is C13H24N2OS. The van der Waals surface area contributed by atoms with Crippen LogP contribution in [0.4, 0.5) is 0 Å². The van der Waals surface area contributed by atoms with E-state index in [4.69, 9.17) is 5.73 Å². The summed E-state index contributed by atoms with van der Waals surface area (Å²) < 4.78 is 0. The van der Waals surface area contributed by atoms with Crippen molar-refractivity contribution >= 4 is 17.7 Å². The number of fused-ring (bicyclic) bond motifs is 2. The molecule has 2 fully saturated rings. The van der Waals surface area contributed by atoms with E-state index in [0.717, 1.165) is 11.5 Å². The molecule has 0 aromatic rings. The molecule has 2 saturated carbocycles. The Balaban J connectivity index is 1.84. The van der Waals surface area contributed by atoms with Crippen LogP contribution in [-0.4, -0.2) is 29.5 Å². The van der Waals surface area contributed by atoms with Crippen LogP contribution in [0.3, 0.4) is 0 Å². The number of carbonyl (C=O) groups excluding carboxylic acids is 1. The van der Waals surface area contributed by atoms with Gasteiger partial charge in [0.25, 0.3) is 0 Å². The van der Waals surface area contributed by atoms with Gasteiger partial charge < -0.3 is 11.1 Å². The minimum atomic E-state index is 0.0860. The van der Waals surface area contributed by atoms with Gasteiger partial charge in [-0.05, 0) is 43.8 Å². The average Bonchev–Trinajstić information content (AvgIpc) is 2.86. The molecule has 98 valence electrons. The summed E-state index contributed by atoms with van der Waals surface area (Å²) >= 11 is 1.87. The molecule has 0 radical (unpaired) electrons. The average molecular weight is 256 g/mol. The SMILES string of the molecule is CCSCC(C)NC(=O)C1C2CCC(C2)C1N. The molecule has 0 heterocycles. The first-order valence-corrected chi connectivity index (χ1v) is 7.92. The largest absolute Gasteiger partial charge is 0.353 e. The summed E-state index contributed by atoms with van der Waals surface area (Å²) in [5, 5.41) is 3.13. The van der Waals surface area contributed by atoms with Gasteiger partial charge in [-0.1, -0.05) is 6.92 Å². The Hall–Kier alpha value is -0.220. The van der Waals surface area contributed by atoms with Crippen LogP contribution in [0.25, 0.3) is 0 Å². The highest BCUT2D eigenvalue weighted by Crippen LogP contribution is 2.47. The maximum absolute atomic E-state index is 12.2. The molecule has 0 spiro atoms. The summed E-state index contributed by atoms with van der Waals surface area (Å²) in [5.41, 5.74) is 6.17. The maximum atomic E-state index is 12.2. The van der Waals surface area contributed by atoms with Gasteiger partial charge in [-0.2, -0.15) is 11.8 Å². The Morgan fingerprint density at radius 3 is 2.76 bits per heavy atom. The van der Waals surface area contributed by atoms with Crippen LogP contribution in [0.2, 0.25) is 0 Å². The highest BCUT2D eigenvalue weighted by molar-refractivity contribution is 7.99. The summed E-state index contributed by atoms with van der Waals surface area (Å²) in [5.74, 6) is 3.56. The fourth-order valence-corrected chi connectivity index (χ4v) is 4.07. The van der Waals surface area contributed by atoms with Crippen molar-refractivity contribution in [3.05, 3.63) is 0 Å². The molecule has 4 heteroatoms. The lowest BCUT2D eigenvalue weighted by atomic mass is 9.84. The number of nitrogens with two attached hydrogens (primary N) is 1. The first-order valence-electron chi connectivity index (χ1n) is 6.77. The Bertz CT molecular complexity index is 283. The van der Waals surface area contributed by atoms with Crippen LogP contribution in [0.15, 0.2) is 0 Å². The minimum absolute atomic E-state index is 0.0860. The molecule has 0 aromatic heterocycles. The van der Waals surface area contributed by atoms with E-state index in [0.29, 0.717) is 11.8 Å². The van der Waals surface area contributed by atoms with Crippen molar-refractivity contribution in [3.63, 3.8) is 0 Å². The van der Waals surface area contributed by atoms with Crippen molar-refractivity contribution in [3.8, 4) is 0 Å². The zero-order valence-electron chi connectivity index (χ0n) is 10.8. The predicted molar refractivity (Wildman–Crippen MR) is 72.9 cm³/mol. The van der Waals surface area contributed by atoms with E-state index < -0.39 is 0 Å². The summed E-state index contributed by atoms with van der Waals surface area (Å²) in [6, 6.07) is 0.374. The van der Waals surface area contributed by atoms with Crippen LogP contribution in [0.1, 0.15) is 33.1 Å². The second kappa shape index (κ2) is 5.61. The summed E-state index contributed by atoms with van der Waals surface area (Å²) in [6.45, 7) is 4.23. The molecule has 17 heavy (non-hydrogen) atoms. The number of hydrogen-bond acceptors (Lipinski definition) is 3. The molecule has 5 atom stereocenters. The predicted octanol–water partition coefficient (Wildman–Crippen LogP) is 1.62. The number of hydrogen-bond donors (Lipinski definition) is 2. The van der Waals surface area contributed by atoms with Crippen LogP contribution >= 0.6 is 11.8 Å². The molecule has 2 bridgehead atoms. The Kier molecular flexibility index (Phi) is 4.36. The van der Waals surface area contributed by atoms with Gasteiger partial charge in [0.2, 0.25) is 5.91 Å². The van der Waals surface area contributed by atoms with Crippen molar-refractivity contribution in [2.24, 2.45) is 23.5 Å². The molecule has 0 aromatic carbocycles. The summed E-state index contributed by atoms with van der Waals surface area (Å²) in [6.07, 6.45) is 3.61. The Morgan fingerprint density at radius 1 is 1.47 bits per heavy atom. The maximum Gasteiger partial charge on any atom is 0.225 e. The van der Waals surface area contributed by atoms with E-state index in [9.17, 15) is 4.79 Å². The van der Waals surface area contributed by atoms with E-state index in [1.807, 2.05) is 11.8 Å². The molecular weight excluding hydrogens is 232 g/mol. The number of thioether (sulfide) groups is 1. The Labute approximate surface area is 108 Å². The molecule has 2 aliphatic carbocycles. The van der Waals surface area contributed by atoms with Crippen molar-refractivity contribution in [2.45, 2.75) is 45.2 Å². The van der Waals surface area contributed by atoms with Crippen LogP contribution in [0.5, 0.6) is 0 Å². The second-order valence-corrected chi connectivity index (χ2v) is 6.82. The lowest BCUT2D eigenvalue weighted by Crippen LogP contribution is -2.48. The molecule has 0 saturated heterocycles. The highest BCUT2D eigenvalue weighted by Gasteiger charge is 2.49. The molecule has 1 amide bonds. The third kappa shape index (κ3) is 2.79. The summed E-state index contributed by atoms with van der Waals surface area (Å²) in [7, 11) is 0. The lowest BCUT2D eigenvalue weighted by Gasteiger charge is -2.28. The van der Waals surface area contributed by atoms with Gasteiger partial charge in [-0.15, -0.1) is 0 Å². The lowest BCUT2D eigenvalue weighted by molar-refractivity contribution is -0.127. The quantitative estimate of drug-likeness (QED) is 0.786. The number of nitrogens with one attached hydrogen (secondary N) is 1. The number of carbonyl (C=O) groups is 1. The van der Waals surface area contributed by atoms with E-state index in [-0.39, 0.29) is 23.9 Å². The standard InChI is InChI=1S/C13H24N2OS/c1-3-17-7-8(2)15-13(16)11-9-4-5-10(6-9)12(11)14/h8-12H,3-7,14H2,1-2H3,(H,15,16). The normalized spacial score (nSPS) is 37.1. The van der Waals surface area contributed by atoms with Crippen molar-refractivity contribution < 1.29 is 4.79 Å². The molecule has 0 aliphatic heterocycles. The first kappa shape index (κ1) is 13.2. The second-order valence-electron chi connectivity index (χ2n) is 5.51. The number of amides is 1. The fourth-order valence-electron chi connectivity index (χ4n) is 3.40. The van der Waals surface area contributed by atoms with Crippen molar-refractivity contribution in [2.75, 3.05) is 11.5 Å². The zero-order valence-corrected chi connectivity index (χ0v) is 11.6. The first-order chi connectivity index (χ1) is 8.13. The minimum Gasteiger partial charge on any atom is -0.353 e. The molecule has 3 nitrogen and oxygen atoms in total. The highest BCUT2D eigenvalue weighted by atomic mass is 32.2. The van der Waals surface area contributed by atoms with Gasteiger partial charge in [0.05, 0.1) is 5.92 Å². The monoisotopic (exact) mass is 256 g/mol. The van der Waals surface area contributed by atoms with Crippen LogP contribution in [0, 0.1) is 17.8 Å². The van der Waals surface area contributed by atoms with Gasteiger partial charge in [-0.25, -0.2) is 0 Å². The van der Waals surface area contributed by atoms with Gasteiger partial charge in [0, 0.05) is 17.8 Å². The number of rotatable bonds is 5. The Morgan fingerprint density at radius 2 is 2.18 bits per heavy atom. The van der Waals surface area contributed by atoms with E-state index in [1.54, 1.807) is 0 Å². The van der Waals surface area contributed by atoms with E-state index in [2.05, 4.69) is 19.2 Å². The van der Waals surface area contributed by atoms with Gasteiger partial charge in [0.15, 0.2) is 0 Å². The van der Waals surface area contributed by atoms with E-state index in [1.165, 1.54) is 19.3 Å². The third-order valence-electron chi connectivity index (χ3n) is 4.24.